The van der Waals surface area contributed by atoms with E-state index in [9.17, 15) is 0 Å². The van der Waals surface area contributed by atoms with Crippen molar-refractivity contribution in [2.45, 2.75) is 51.6 Å². The Morgan fingerprint density at radius 1 is 0.952 bits per heavy atom. The molecule has 0 fully saturated rings. The Morgan fingerprint density at radius 2 is 1.76 bits per heavy atom. The highest BCUT2D eigenvalue weighted by molar-refractivity contribution is 5.35. The smallest absolute Gasteiger partial charge is 0.0570 e. The van der Waals surface area contributed by atoms with Gasteiger partial charge in [-0.05, 0) is 68.4 Å². The van der Waals surface area contributed by atoms with Gasteiger partial charge in [0, 0.05) is 18.3 Å². The molecule has 0 radical (unpaired) electrons. The fourth-order valence-electron chi connectivity index (χ4n) is 3.21. The molecule has 1 aliphatic rings. The Kier molecular flexibility index (Phi) is 4.35. The summed E-state index contributed by atoms with van der Waals surface area (Å²) in [6, 6.07) is 13.7. The standard InChI is InChI=1S/C19H24N2/c1-14(21-15(2)19-9-5-6-12-20-19)17-11-10-16-7-3-4-8-18(16)13-17/h5-6,9-15,21H,3-4,7-8H2,1-2H3/t14?,15-/m1/s1. The SMILES string of the molecule is CC(N[C@H](C)c1ccccn1)c1ccc2c(c1)CCCC2. The van der Waals surface area contributed by atoms with Gasteiger partial charge < -0.3 is 5.32 Å². The van der Waals surface area contributed by atoms with Gasteiger partial charge in [0.2, 0.25) is 0 Å². The van der Waals surface area contributed by atoms with Crippen molar-refractivity contribution in [1.82, 2.24) is 10.3 Å². The van der Waals surface area contributed by atoms with E-state index in [-0.39, 0.29) is 6.04 Å². The van der Waals surface area contributed by atoms with Gasteiger partial charge in [0.1, 0.15) is 0 Å². The number of fused-ring (bicyclic) bond motifs is 1. The van der Waals surface area contributed by atoms with Gasteiger partial charge in [-0.1, -0.05) is 24.3 Å². The van der Waals surface area contributed by atoms with Crippen LogP contribution >= 0.6 is 0 Å². The fraction of sp³-hybridized carbons (Fsp3) is 0.421. The normalized spacial score (nSPS) is 17.0. The van der Waals surface area contributed by atoms with Crippen molar-refractivity contribution >= 4 is 0 Å². The summed E-state index contributed by atoms with van der Waals surface area (Å²) in [6.07, 6.45) is 7.03. The number of hydrogen-bond acceptors (Lipinski definition) is 2. The molecule has 2 heteroatoms. The number of nitrogens with one attached hydrogen (secondary N) is 1. The molecular weight excluding hydrogens is 256 g/mol. The van der Waals surface area contributed by atoms with Crippen LogP contribution in [0, 0.1) is 0 Å². The van der Waals surface area contributed by atoms with Gasteiger partial charge in [0.25, 0.3) is 0 Å². The number of hydrogen-bond donors (Lipinski definition) is 1. The highest BCUT2D eigenvalue weighted by atomic mass is 15.0. The first kappa shape index (κ1) is 14.3. The minimum absolute atomic E-state index is 0.261. The number of aryl methyl sites for hydroxylation is 2. The third kappa shape index (κ3) is 3.33. The van der Waals surface area contributed by atoms with Crippen molar-refractivity contribution in [2.75, 3.05) is 0 Å². The molecule has 21 heavy (non-hydrogen) atoms. The van der Waals surface area contributed by atoms with E-state index in [0.717, 1.165) is 5.69 Å². The van der Waals surface area contributed by atoms with E-state index in [1.165, 1.54) is 31.2 Å². The third-order valence-electron chi connectivity index (χ3n) is 4.50. The van der Waals surface area contributed by atoms with E-state index in [0.29, 0.717) is 6.04 Å². The summed E-state index contributed by atoms with van der Waals surface area (Å²) in [5.41, 5.74) is 5.59. The minimum Gasteiger partial charge on any atom is -0.302 e. The summed E-state index contributed by atoms with van der Waals surface area (Å²) in [5.74, 6) is 0. The number of rotatable bonds is 4. The molecule has 0 aliphatic heterocycles. The summed E-state index contributed by atoms with van der Waals surface area (Å²) in [6.45, 7) is 4.42. The molecule has 3 rings (SSSR count). The van der Waals surface area contributed by atoms with Gasteiger partial charge in [-0.15, -0.1) is 0 Å². The summed E-state index contributed by atoms with van der Waals surface area (Å²) in [7, 11) is 0. The minimum atomic E-state index is 0.261. The van der Waals surface area contributed by atoms with Crippen LogP contribution in [0.4, 0.5) is 0 Å². The third-order valence-corrected chi connectivity index (χ3v) is 4.50. The van der Waals surface area contributed by atoms with Crippen LogP contribution < -0.4 is 5.32 Å². The second-order valence-electron chi connectivity index (χ2n) is 6.10. The number of nitrogens with zero attached hydrogens (tertiary/aromatic N) is 1. The summed E-state index contributed by atoms with van der Waals surface area (Å²) in [5, 5.41) is 3.66. The lowest BCUT2D eigenvalue weighted by Crippen LogP contribution is -2.23. The molecular formula is C19H24N2. The van der Waals surface area contributed by atoms with E-state index in [1.54, 1.807) is 11.1 Å². The topological polar surface area (TPSA) is 24.9 Å². The van der Waals surface area contributed by atoms with Gasteiger partial charge in [0.05, 0.1) is 5.69 Å². The van der Waals surface area contributed by atoms with E-state index in [2.05, 4.69) is 48.4 Å². The number of benzene rings is 1. The Labute approximate surface area is 127 Å². The van der Waals surface area contributed by atoms with Crippen LogP contribution in [0.1, 0.15) is 61.2 Å². The van der Waals surface area contributed by atoms with Crippen LogP contribution in [-0.2, 0) is 12.8 Å². The van der Waals surface area contributed by atoms with Gasteiger partial charge >= 0.3 is 0 Å². The maximum Gasteiger partial charge on any atom is 0.0570 e. The van der Waals surface area contributed by atoms with Crippen LogP contribution in [0.2, 0.25) is 0 Å². The first-order chi connectivity index (χ1) is 10.2. The molecule has 110 valence electrons. The molecule has 2 atom stereocenters. The van der Waals surface area contributed by atoms with Crippen LogP contribution in [0.3, 0.4) is 0 Å². The zero-order chi connectivity index (χ0) is 14.7. The molecule has 2 nitrogen and oxygen atoms in total. The second-order valence-corrected chi connectivity index (χ2v) is 6.10. The Balaban J connectivity index is 1.72. The lowest BCUT2D eigenvalue weighted by atomic mass is 9.89. The van der Waals surface area contributed by atoms with Crippen molar-refractivity contribution in [3.63, 3.8) is 0 Å². The fourth-order valence-corrected chi connectivity index (χ4v) is 3.21. The molecule has 1 aliphatic carbocycles. The summed E-state index contributed by atoms with van der Waals surface area (Å²) >= 11 is 0. The van der Waals surface area contributed by atoms with Gasteiger partial charge in [-0.3, -0.25) is 4.98 Å². The average molecular weight is 280 g/mol. The summed E-state index contributed by atoms with van der Waals surface area (Å²) < 4.78 is 0. The van der Waals surface area contributed by atoms with Crippen molar-refractivity contribution in [2.24, 2.45) is 0 Å². The second kappa shape index (κ2) is 6.40. The van der Waals surface area contributed by atoms with Crippen molar-refractivity contribution in [3.8, 4) is 0 Å². The highest BCUT2D eigenvalue weighted by Crippen LogP contribution is 2.25. The molecule has 1 heterocycles. The first-order valence-electron chi connectivity index (χ1n) is 8.03. The predicted molar refractivity (Wildman–Crippen MR) is 87.3 cm³/mol. The average Bonchev–Trinajstić information content (AvgIpc) is 2.55. The highest BCUT2D eigenvalue weighted by Gasteiger charge is 2.15. The Morgan fingerprint density at radius 3 is 2.52 bits per heavy atom. The largest absolute Gasteiger partial charge is 0.302 e. The molecule has 1 unspecified atom stereocenters. The molecule has 0 spiro atoms. The zero-order valence-corrected chi connectivity index (χ0v) is 13.0. The Bertz CT molecular complexity index is 592. The quantitative estimate of drug-likeness (QED) is 0.899. The van der Waals surface area contributed by atoms with Crippen LogP contribution in [0.15, 0.2) is 42.6 Å². The monoisotopic (exact) mass is 280 g/mol. The summed E-state index contributed by atoms with van der Waals surface area (Å²) in [4.78, 5) is 4.43. The Hall–Kier alpha value is -1.67. The molecule has 1 aromatic heterocycles. The van der Waals surface area contributed by atoms with E-state index < -0.39 is 0 Å². The lowest BCUT2D eigenvalue weighted by Gasteiger charge is -2.22. The zero-order valence-electron chi connectivity index (χ0n) is 13.0. The maximum absolute atomic E-state index is 4.43. The van der Waals surface area contributed by atoms with Crippen LogP contribution in [-0.4, -0.2) is 4.98 Å². The molecule has 1 aromatic carbocycles. The molecule has 2 aromatic rings. The van der Waals surface area contributed by atoms with Crippen molar-refractivity contribution in [1.29, 1.82) is 0 Å². The lowest BCUT2D eigenvalue weighted by molar-refractivity contribution is 0.485. The first-order valence-corrected chi connectivity index (χ1v) is 8.03. The molecule has 0 saturated heterocycles. The molecule has 0 amide bonds. The van der Waals surface area contributed by atoms with Gasteiger partial charge in [-0.2, -0.15) is 0 Å². The van der Waals surface area contributed by atoms with Crippen molar-refractivity contribution in [3.05, 3.63) is 65.0 Å². The number of pyridine rings is 1. The predicted octanol–water partition coefficient (Wildman–Crippen LogP) is 4.37. The van der Waals surface area contributed by atoms with Gasteiger partial charge in [-0.25, -0.2) is 0 Å². The molecule has 0 bridgehead atoms. The molecule has 1 N–H and O–H groups in total. The molecule has 0 saturated carbocycles. The van der Waals surface area contributed by atoms with Crippen LogP contribution in [0.5, 0.6) is 0 Å². The van der Waals surface area contributed by atoms with E-state index in [4.69, 9.17) is 0 Å². The van der Waals surface area contributed by atoms with E-state index >= 15 is 0 Å². The van der Waals surface area contributed by atoms with E-state index in [1.807, 2.05) is 18.3 Å². The van der Waals surface area contributed by atoms with Crippen LogP contribution in [0.25, 0.3) is 0 Å². The van der Waals surface area contributed by atoms with Crippen molar-refractivity contribution < 1.29 is 0 Å². The maximum atomic E-state index is 4.43. The number of aromatic nitrogens is 1. The van der Waals surface area contributed by atoms with Gasteiger partial charge in [0.15, 0.2) is 0 Å².